The Morgan fingerprint density at radius 2 is 1.73 bits per heavy atom. The summed E-state index contributed by atoms with van der Waals surface area (Å²) in [5.41, 5.74) is 4.39. The molecule has 6 rings (SSSR count). The molecule has 0 atom stereocenters. The molecule has 0 spiro atoms. The molecule has 0 unspecified atom stereocenters. The van der Waals surface area contributed by atoms with E-state index in [4.69, 9.17) is 14.5 Å². The first kappa shape index (κ1) is 29.0. The number of H-pyrrole nitrogens is 1. The molecule has 0 bridgehead atoms. The Kier molecular flexibility index (Phi) is 8.31. The third kappa shape index (κ3) is 5.88. The van der Waals surface area contributed by atoms with Gasteiger partial charge in [0.1, 0.15) is 29.3 Å². The number of carbonyl (C=O) groups excluding carboxylic acids is 1. The smallest absolute Gasteiger partial charge is 0.410 e. The van der Waals surface area contributed by atoms with E-state index < -0.39 is 0 Å². The first-order valence-corrected chi connectivity index (χ1v) is 14.9. The molecule has 0 radical (unpaired) electrons. The Balaban J connectivity index is 1.18. The van der Waals surface area contributed by atoms with E-state index in [1.807, 2.05) is 92.8 Å². The summed E-state index contributed by atoms with van der Waals surface area (Å²) >= 11 is 0. The fourth-order valence-corrected chi connectivity index (χ4v) is 5.74. The Morgan fingerprint density at radius 1 is 1.02 bits per heavy atom. The van der Waals surface area contributed by atoms with Gasteiger partial charge in [-0.05, 0) is 37.5 Å². The highest BCUT2D eigenvalue weighted by atomic mass is 16.6. The number of aromatic amines is 1. The lowest BCUT2D eigenvalue weighted by atomic mass is 10.0. The third-order valence-electron chi connectivity index (χ3n) is 8.13. The van der Waals surface area contributed by atoms with Gasteiger partial charge in [0.25, 0.3) is 5.56 Å². The van der Waals surface area contributed by atoms with Crippen molar-refractivity contribution in [1.82, 2.24) is 24.6 Å². The van der Waals surface area contributed by atoms with Gasteiger partial charge in [-0.1, -0.05) is 60.7 Å². The lowest BCUT2D eigenvalue weighted by Crippen LogP contribution is -2.45. The highest BCUT2D eigenvalue weighted by Crippen LogP contribution is 2.34. The van der Waals surface area contributed by atoms with Crippen LogP contribution in [0.2, 0.25) is 0 Å². The van der Waals surface area contributed by atoms with Crippen molar-refractivity contribution in [3.63, 3.8) is 0 Å². The van der Waals surface area contributed by atoms with Crippen molar-refractivity contribution in [2.75, 3.05) is 31.6 Å². The first-order chi connectivity index (χ1) is 21.4. The van der Waals surface area contributed by atoms with Gasteiger partial charge in [0, 0.05) is 50.5 Å². The lowest BCUT2D eigenvalue weighted by molar-refractivity contribution is 0.0862. The third-order valence-corrected chi connectivity index (χ3v) is 8.13. The van der Waals surface area contributed by atoms with E-state index in [0.29, 0.717) is 40.5 Å². The van der Waals surface area contributed by atoms with Gasteiger partial charge in [0.15, 0.2) is 5.65 Å². The van der Waals surface area contributed by atoms with Crippen LogP contribution in [0.4, 0.5) is 10.5 Å². The summed E-state index contributed by atoms with van der Waals surface area (Å²) in [5.74, 6) is 1.07. The molecule has 1 aliphatic heterocycles. The van der Waals surface area contributed by atoms with Crippen LogP contribution in [0, 0.1) is 0 Å². The van der Waals surface area contributed by atoms with Gasteiger partial charge in [0.2, 0.25) is 0 Å². The van der Waals surface area contributed by atoms with E-state index in [9.17, 15) is 9.59 Å². The molecule has 1 amide bonds. The van der Waals surface area contributed by atoms with E-state index in [1.165, 1.54) is 0 Å². The molecule has 0 aliphatic carbocycles. The van der Waals surface area contributed by atoms with Crippen LogP contribution in [0.1, 0.15) is 25.3 Å². The lowest BCUT2D eigenvalue weighted by Gasteiger charge is -2.37. The second kappa shape index (κ2) is 12.6. The van der Waals surface area contributed by atoms with Gasteiger partial charge in [-0.25, -0.2) is 14.5 Å². The number of hydrogen-bond donors (Lipinski definition) is 1. The van der Waals surface area contributed by atoms with Crippen LogP contribution in [0.15, 0.2) is 83.7 Å². The van der Waals surface area contributed by atoms with Gasteiger partial charge in [-0.15, -0.1) is 0 Å². The number of piperidine rings is 1. The molecule has 10 nitrogen and oxygen atoms in total. The fraction of sp³-hybridized carbons (Fsp3) is 0.294. The van der Waals surface area contributed by atoms with Crippen LogP contribution in [0.3, 0.4) is 0 Å². The van der Waals surface area contributed by atoms with Crippen LogP contribution in [-0.4, -0.2) is 63.5 Å². The van der Waals surface area contributed by atoms with Crippen LogP contribution in [-0.2, 0) is 18.4 Å². The van der Waals surface area contributed by atoms with Crippen molar-refractivity contribution >= 4 is 22.8 Å². The average molecular weight is 593 g/mol. The highest BCUT2D eigenvalue weighted by Gasteiger charge is 2.27. The van der Waals surface area contributed by atoms with E-state index in [2.05, 4.69) is 15.0 Å². The molecule has 5 aromatic rings. The zero-order valence-electron chi connectivity index (χ0n) is 25.2. The van der Waals surface area contributed by atoms with Gasteiger partial charge < -0.3 is 24.3 Å². The summed E-state index contributed by atoms with van der Waals surface area (Å²) in [7, 11) is 3.60. The predicted molar refractivity (Wildman–Crippen MR) is 171 cm³/mol. The van der Waals surface area contributed by atoms with E-state index >= 15 is 0 Å². The fourth-order valence-electron chi connectivity index (χ4n) is 5.74. The minimum Gasteiger partial charge on any atom is -0.493 e. The van der Waals surface area contributed by atoms with Crippen molar-refractivity contribution in [2.45, 2.75) is 32.4 Å². The number of amides is 1. The molecule has 10 heteroatoms. The maximum Gasteiger partial charge on any atom is 0.410 e. The number of hydrogen-bond acceptors (Lipinski definition) is 7. The van der Waals surface area contributed by atoms with E-state index in [0.717, 1.165) is 42.7 Å². The zero-order chi connectivity index (χ0) is 30.6. The summed E-state index contributed by atoms with van der Waals surface area (Å²) < 4.78 is 13.2. The molecule has 1 fully saturated rings. The van der Waals surface area contributed by atoms with Gasteiger partial charge in [-0.2, -0.15) is 5.10 Å². The normalized spacial score (nSPS) is 13.7. The number of rotatable bonds is 8. The molecule has 1 aliphatic rings. The Hall–Kier alpha value is -5.12. The summed E-state index contributed by atoms with van der Waals surface area (Å²) in [4.78, 5) is 37.9. The zero-order valence-corrected chi connectivity index (χ0v) is 25.2. The highest BCUT2D eigenvalue weighted by molar-refractivity contribution is 5.91. The Bertz CT molecular complexity index is 1810. The molecular weight excluding hydrogens is 556 g/mol. The second-order valence-corrected chi connectivity index (χ2v) is 10.9. The average Bonchev–Trinajstić information content (AvgIpc) is 3.41. The molecule has 226 valence electrons. The summed E-state index contributed by atoms with van der Waals surface area (Å²) in [6.07, 6.45) is 1.33. The predicted octanol–water partition coefficient (Wildman–Crippen LogP) is 5.63. The number of ether oxygens (including phenoxy) is 2. The number of aryl methyl sites for hydroxylation is 1. The van der Waals surface area contributed by atoms with Crippen LogP contribution in [0.5, 0.6) is 5.75 Å². The number of fused-ring (bicyclic) bond motifs is 1. The number of carbonyl (C=O) groups is 1. The minimum absolute atomic E-state index is 0.0980. The molecule has 1 N–H and O–H groups in total. The molecule has 1 saturated heterocycles. The second-order valence-electron chi connectivity index (χ2n) is 10.9. The summed E-state index contributed by atoms with van der Waals surface area (Å²) in [5, 5.41) is 5.06. The van der Waals surface area contributed by atoms with Crippen molar-refractivity contribution in [2.24, 2.45) is 7.05 Å². The van der Waals surface area contributed by atoms with Crippen molar-refractivity contribution in [1.29, 1.82) is 0 Å². The van der Waals surface area contributed by atoms with E-state index in [-0.39, 0.29) is 24.3 Å². The summed E-state index contributed by atoms with van der Waals surface area (Å²) in [6.45, 7) is 4.22. The summed E-state index contributed by atoms with van der Waals surface area (Å²) in [6, 6.07) is 25.4. The van der Waals surface area contributed by atoms with Crippen molar-refractivity contribution in [3.8, 4) is 28.4 Å². The van der Waals surface area contributed by atoms with Gasteiger partial charge in [0.05, 0.1) is 12.2 Å². The maximum absolute atomic E-state index is 13.4. The molecular formula is C34H36N6O4. The quantitative estimate of drug-likeness (QED) is 0.249. The minimum atomic E-state index is -0.307. The molecule has 2 aromatic heterocycles. The van der Waals surface area contributed by atoms with Crippen LogP contribution < -0.4 is 15.2 Å². The number of benzene rings is 3. The number of nitrogens with zero attached hydrogens (tertiary/aromatic N) is 5. The van der Waals surface area contributed by atoms with Gasteiger partial charge in [-0.3, -0.25) is 4.79 Å². The Labute approximate surface area is 255 Å². The standard InChI is InChI=1S/C34H36N6O4/c1-4-43-28-21-26(40-19-17-25(18-20-40)38(2)34(42)44-22-23-11-7-5-8-12-23)15-16-27(28)31-35-32-29(33(41)36-31)30(37-39(32)3)24-13-9-6-10-14-24/h5-16,21,25H,4,17-20,22H2,1-3H3,(H,35,36,41). The van der Waals surface area contributed by atoms with Crippen LogP contribution >= 0.6 is 0 Å². The van der Waals surface area contributed by atoms with Crippen molar-refractivity contribution < 1.29 is 14.3 Å². The first-order valence-electron chi connectivity index (χ1n) is 14.9. The SMILES string of the molecule is CCOc1cc(N2CCC(N(C)C(=O)OCc3ccccc3)CC2)ccc1-c1nc2c(c(-c3ccccc3)nn2C)c(=O)[nH]1. The Morgan fingerprint density at radius 3 is 2.43 bits per heavy atom. The monoisotopic (exact) mass is 592 g/mol. The van der Waals surface area contributed by atoms with Crippen molar-refractivity contribution in [3.05, 3.63) is 94.8 Å². The van der Waals surface area contributed by atoms with Gasteiger partial charge >= 0.3 is 6.09 Å². The van der Waals surface area contributed by atoms with Crippen LogP contribution in [0.25, 0.3) is 33.7 Å². The molecule has 0 saturated carbocycles. The maximum atomic E-state index is 13.4. The molecule has 3 aromatic carbocycles. The topological polar surface area (TPSA) is 106 Å². The molecule has 44 heavy (non-hydrogen) atoms. The number of anilines is 1. The number of aromatic nitrogens is 4. The number of nitrogens with one attached hydrogen (secondary N) is 1. The van der Waals surface area contributed by atoms with E-state index in [1.54, 1.807) is 16.6 Å². The molecule has 3 heterocycles. The largest absolute Gasteiger partial charge is 0.493 e.